The monoisotopic (exact) mass is 326 g/mol. The fraction of sp³-hybridized carbons (Fsp3) is 0.588. The maximum absolute atomic E-state index is 12.5. The molecule has 2 nitrogen and oxygen atoms in total. The molecule has 0 spiro atoms. The molecule has 2 aliphatic carbocycles. The van der Waals surface area contributed by atoms with E-state index < -0.39 is 5.97 Å². The van der Waals surface area contributed by atoms with Crippen molar-refractivity contribution in [2.45, 2.75) is 46.1 Å². The maximum atomic E-state index is 12.5. The summed E-state index contributed by atoms with van der Waals surface area (Å²) in [5.41, 5.74) is 0.536. The van der Waals surface area contributed by atoms with Gasteiger partial charge >= 0.3 is 5.97 Å². The Labute approximate surface area is 135 Å². The Bertz CT molecular complexity index is 576. The average molecular weight is 327 g/mol. The Morgan fingerprint density at radius 1 is 1.24 bits per heavy atom. The molecular weight excluding hydrogens is 307 g/mol. The molecule has 1 aromatic rings. The molecular formula is C17H20Cl2O2. The first-order valence-corrected chi connectivity index (χ1v) is 8.18. The highest BCUT2D eigenvalue weighted by atomic mass is 35.5. The molecule has 2 saturated carbocycles. The van der Waals surface area contributed by atoms with Crippen molar-refractivity contribution in [1.82, 2.24) is 0 Å². The van der Waals surface area contributed by atoms with Crippen LogP contribution >= 0.6 is 23.2 Å². The summed E-state index contributed by atoms with van der Waals surface area (Å²) >= 11 is 12.2. The van der Waals surface area contributed by atoms with E-state index in [0.29, 0.717) is 16.0 Å². The van der Waals surface area contributed by atoms with Crippen molar-refractivity contribution < 1.29 is 9.53 Å². The van der Waals surface area contributed by atoms with Crippen LogP contribution in [0.25, 0.3) is 0 Å². The minimum absolute atomic E-state index is 0.0427. The smallest absolute Gasteiger partial charge is 0.341 e. The summed E-state index contributed by atoms with van der Waals surface area (Å²) in [5.74, 6) is 0.224. The van der Waals surface area contributed by atoms with Gasteiger partial charge in [-0.05, 0) is 42.7 Å². The predicted molar refractivity (Wildman–Crippen MR) is 84.9 cm³/mol. The average Bonchev–Trinajstić information content (AvgIpc) is 2.71. The molecule has 1 aromatic carbocycles. The molecule has 2 bridgehead atoms. The Balaban J connectivity index is 1.84. The standard InChI is InChI=1S/C17H20Cl2O2/c1-16(2)10-7-8-17(16,3)13(9-10)21-15(20)14-11(18)5-4-6-12(14)19/h4-6,10,13H,7-9H2,1-3H3. The number of hydrogen-bond acceptors (Lipinski definition) is 2. The van der Waals surface area contributed by atoms with Gasteiger partial charge in [-0.1, -0.05) is 50.0 Å². The molecule has 0 N–H and O–H groups in total. The van der Waals surface area contributed by atoms with Crippen molar-refractivity contribution in [3.05, 3.63) is 33.8 Å². The number of carbonyl (C=O) groups excluding carboxylic acids is 1. The third-order valence-electron chi connectivity index (χ3n) is 6.13. The normalized spacial score (nSPS) is 33.2. The van der Waals surface area contributed by atoms with Gasteiger partial charge in [0.15, 0.2) is 0 Å². The zero-order valence-electron chi connectivity index (χ0n) is 12.6. The quantitative estimate of drug-likeness (QED) is 0.683. The van der Waals surface area contributed by atoms with Crippen LogP contribution in [0.5, 0.6) is 0 Å². The van der Waals surface area contributed by atoms with Crippen LogP contribution in [0.2, 0.25) is 10.0 Å². The van der Waals surface area contributed by atoms with Crippen LogP contribution in [0, 0.1) is 16.7 Å². The highest BCUT2D eigenvalue weighted by Crippen LogP contribution is 2.66. The molecule has 0 amide bonds. The van der Waals surface area contributed by atoms with Crippen LogP contribution in [-0.4, -0.2) is 12.1 Å². The lowest BCUT2D eigenvalue weighted by Gasteiger charge is -2.38. The molecule has 114 valence electrons. The van der Waals surface area contributed by atoms with Crippen molar-refractivity contribution in [3.8, 4) is 0 Å². The van der Waals surface area contributed by atoms with Crippen LogP contribution in [0.15, 0.2) is 18.2 Å². The van der Waals surface area contributed by atoms with Gasteiger partial charge in [0.05, 0.1) is 15.6 Å². The van der Waals surface area contributed by atoms with E-state index in [1.54, 1.807) is 18.2 Å². The Hall–Kier alpha value is -0.730. The largest absolute Gasteiger partial charge is 0.458 e. The molecule has 2 aliphatic rings. The number of benzene rings is 1. The number of esters is 1. The van der Waals surface area contributed by atoms with Crippen LogP contribution in [0.4, 0.5) is 0 Å². The molecule has 2 fully saturated rings. The van der Waals surface area contributed by atoms with Gasteiger partial charge in [-0.2, -0.15) is 0 Å². The minimum atomic E-state index is -0.403. The van der Waals surface area contributed by atoms with Crippen molar-refractivity contribution in [3.63, 3.8) is 0 Å². The Kier molecular flexibility index (Phi) is 3.53. The summed E-state index contributed by atoms with van der Waals surface area (Å²) in [6.07, 6.45) is 3.23. The van der Waals surface area contributed by atoms with Crippen LogP contribution in [0.1, 0.15) is 50.4 Å². The second-order valence-corrected chi connectivity index (χ2v) is 7.92. The Morgan fingerprint density at radius 2 is 1.86 bits per heavy atom. The van der Waals surface area contributed by atoms with E-state index in [2.05, 4.69) is 20.8 Å². The first-order valence-electron chi connectivity index (χ1n) is 7.42. The fourth-order valence-electron chi connectivity index (χ4n) is 4.19. The molecule has 3 rings (SSSR count). The van der Waals surface area contributed by atoms with E-state index in [9.17, 15) is 4.79 Å². The van der Waals surface area contributed by atoms with E-state index in [1.807, 2.05) is 0 Å². The molecule has 0 heterocycles. The zero-order chi connectivity index (χ0) is 15.4. The summed E-state index contributed by atoms with van der Waals surface area (Å²) in [6.45, 7) is 6.83. The van der Waals surface area contributed by atoms with Crippen LogP contribution < -0.4 is 0 Å². The lowest BCUT2D eigenvalue weighted by atomic mass is 9.70. The summed E-state index contributed by atoms with van der Waals surface area (Å²) in [7, 11) is 0. The van der Waals surface area contributed by atoms with Crippen molar-refractivity contribution >= 4 is 29.2 Å². The van der Waals surface area contributed by atoms with Gasteiger partial charge in [0.2, 0.25) is 0 Å². The third kappa shape index (κ3) is 2.10. The molecule has 0 aromatic heterocycles. The van der Waals surface area contributed by atoms with Crippen molar-refractivity contribution in [2.24, 2.45) is 16.7 Å². The number of carbonyl (C=O) groups is 1. The Morgan fingerprint density at radius 3 is 2.33 bits per heavy atom. The lowest BCUT2D eigenvalue weighted by molar-refractivity contribution is -0.0242. The van der Waals surface area contributed by atoms with E-state index in [1.165, 1.54) is 6.42 Å². The fourth-order valence-corrected chi connectivity index (χ4v) is 4.74. The number of fused-ring (bicyclic) bond motifs is 2. The van der Waals surface area contributed by atoms with E-state index in [0.717, 1.165) is 12.8 Å². The summed E-state index contributed by atoms with van der Waals surface area (Å²) < 4.78 is 5.82. The molecule has 0 saturated heterocycles. The minimum Gasteiger partial charge on any atom is -0.458 e. The predicted octanol–water partition coefficient (Wildman–Crippen LogP) is 5.37. The number of ether oxygens (including phenoxy) is 1. The highest BCUT2D eigenvalue weighted by molar-refractivity contribution is 6.39. The van der Waals surface area contributed by atoms with Gasteiger partial charge in [-0.15, -0.1) is 0 Å². The zero-order valence-corrected chi connectivity index (χ0v) is 14.1. The van der Waals surface area contributed by atoms with E-state index in [4.69, 9.17) is 27.9 Å². The number of rotatable bonds is 2. The van der Waals surface area contributed by atoms with Gasteiger partial charge < -0.3 is 4.74 Å². The van der Waals surface area contributed by atoms with Gasteiger partial charge in [0.25, 0.3) is 0 Å². The van der Waals surface area contributed by atoms with Crippen molar-refractivity contribution in [1.29, 1.82) is 0 Å². The van der Waals surface area contributed by atoms with Crippen LogP contribution in [0.3, 0.4) is 0 Å². The maximum Gasteiger partial charge on any atom is 0.341 e. The van der Waals surface area contributed by atoms with Crippen LogP contribution in [-0.2, 0) is 4.74 Å². The molecule has 4 heteroatoms. The lowest BCUT2D eigenvalue weighted by Crippen LogP contribution is -2.38. The summed E-state index contributed by atoms with van der Waals surface area (Å²) in [4.78, 5) is 12.5. The second kappa shape index (κ2) is 4.89. The third-order valence-corrected chi connectivity index (χ3v) is 6.76. The topological polar surface area (TPSA) is 26.3 Å². The first kappa shape index (κ1) is 15.2. The SMILES string of the molecule is CC1(C)C2CCC1(C)C(OC(=O)c1c(Cl)cccc1Cl)C2. The van der Waals surface area contributed by atoms with E-state index in [-0.39, 0.29) is 22.5 Å². The molecule has 0 aliphatic heterocycles. The molecule has 3 unspecified atom stereocenters. The molecule has 21 heavy (non-hydrogen) atoms. The number of halogens is 2. The van der Waals surface area contributed by atoms with E-state index >= 15 is 0 Å². The summed E-state index contributed by atoms with van der Waals surface area (Å²) in [6, 6.07) is 5.05. The molecule has 3 atom stereocenters. The van der Waals surface area contributed by atoms with Gasteiger partial charge in [0, 0.05) is 5.41 Å². The molecule has 0 radical (unpaired) electrons. The summed E-state index contributed by atoms with van der Waals surface area (Å²) in [5, 5.41) is 0.695. The second-order valence-electron chi connectivity index (χ2n) is 7.10. The van der Waals surface area contributed by atoms with Crippen molar-refractivity contribution in [2.75, 3.05) is 0 Å². The first-order chi connectivity index (χ1) is 9.77. The van der Waals surface area contributed by atoms with Gasteiger partial charge in [-0.25, -0.2) is 4.79 Å². The van der Waals surface area contributed by atoms with Gasteiger partial charge in [-0.3, -0.25) is 0 Å². The van der Waals surface area contributed by atoms with Gasteiger partial charge in [0.1, 0.15) is 6.10 Å². The number of hydrogen-bond donors (Lipinski definition) is 0. The highest BCUT2D eigenvalue weighted by Gasteiger charge is 2.62.